The minimum Gasteiger partial charge on any atom is -0.357 e. The molecule has 0 fully saturated rings. The van der Waals surface area contributed by atoms with Gasteiger partial charge in [0.2, 0.25) is 10.0 Å². The van der Waals surface area contributed by atoms with E-state index in [0.717, 1.165) is 11.1 Å². The molecule has 0 saturated carbocycles. The average molecular weight is 441 g/mol. The number of sulfonamides is 1. The van der Waals surface area contributed by atoms with E-state index < -0.39 is 10.0 Å². The largest absolute Gasteiger partial charge is 0.357 e. The van der Waals surface area contributed by atoms with Gasteiger partial charge in [-0.2, -0.15) is 0 Å². The second-order valence-electron chi connectivity index (χ2n) is 7.25. The van der Waals surface area contributed by atoms with Crippen molar-refractivity contribution in [2.45, 2.75) is 37.6 Å². The lowest BCUT2D eigenvalue weighted by atomic mass is 9.84. The van der Waals surface area contributed by atoms with Crippen molar-refractivity contribution < 1.29 is 12.8 Å². The first kappa shape index (κ1) is 23.1. The van der Waals surface area contributed by atoms with Gasteiger partial charge in [0.1, 0.15) is 5.82 Å². The molecule has 2 rings (SSSR count). The predicted octanol–water partition coefficient (Wildman–Crippen LogP) is 3.16. The fraction of sp³-hybridized carbons (Fsp3) is 0.350. The van der Waals surface area contributed by atoms with Crippen molar-refractivity contribution in [1.82, 2.24) is 10.6 Å². The number of hydrogen-bond acceptors (Lipinski definition) is 3. The molecule has 0 amide bonds. The molecular formula is C20H26ClFN4O2S. The van der Waals surface area contributed by atoms with Crippen molar-refractivity contribution in [2.24, 2.45) is 10.1 Å². The summed E-state index contributed by atoms with van der Waals surface area (Å²) >= 11 is 6.21. The number of hydrogen-bond donors (Lipinski definition) is 3. The highest BCUT2D eigenvalue weighted by atomic mass is 35.5. The monoisotopic (exact) mass is 440 g/mol. The van der Waals surface area contributed by atoms with Crippen LogP contribution in [0.3, 0.4) is 0 Å². The van der Waals surface area contributed by atoms with Gasteiger partial charge in [-0.15, -0.1) is 0 Å². The van der Waals surface area contributed by atoms with E-state index in [1.54, 1.807) is 18.2 Å². The van der Waals surface area contributed by atoms with Crippen LogP contribution < -0.4 is 15.8 Å². The molecule has 0 radical (unpaired) electrons. The van der Waals surface area contributed by atoms with Crippen molar-refractivity contribution in [2.75, 3.05) is 13.1 Å². The summed E-state index contributed by atoms with van der Waals surface area (Å²) in [6.07, 6.45) is 0. The number of aliphatic imine (C=N–C) groups is 1. The fourth-order valence-corrected chi connectivity index (χ4v) is 3.78. The van der Waals surface area contributed by atoms with Crippen LogP contribution in [-0.4, -0.2) is 27.5 Å². The van der Waals surface area contributed by atoms with Gasteiger partial charge in [-0.3, -0.25) is 0 Å². The molecule has 0 aliphatic rings. The average Bonchev–Trinajstić information content (AvgIpc) is 2.63. The number of halogens is 2. The summed E-state index contributed by atoms with van der Waals surface area (Å²) in [5.41, 5.74) is 1.16. The molecule has 9 heteroatoms. The maximum Gasteiger partial charge on any atom is 0.238 e. The summed E-state index contributed by atoms with van der Waals surface area (Å²) in [5, 5.41) is 12.0. The van der Waals surface area contributed by atoms with E-state index in [1.807, 2.05) is 20.8 Å². The number of nitrogens with one attached hydrogen (secondary N) is 2. The number of nitrogens with zero attached hydrogens (tertiary/aromatic N) is 1. The Hall–Kier alpha value is -2.16. The lowest BCUT2D eigenvalue weighted by Gasteiger charge is -2.27. The molecular weight excluding hydrogens is 415 g/mol. The molecule has 2 aromatic rings. The van der Waals surface area contributed by atoms with Gasteiger partial charge in [0.15, 0.2) is 5.96 Å². The van der Waals surface area contributed by atoms with Crippen LogP contribution in [0.2, 0.25) is 5.02 Å². The summed E-state index contributed by atoms with van der Waals surface area (Å²) in [6, 6.07) is 10.7. The lowest BCUT2D eigenvalue weighted by molar-refractivity contribution is 0.507. The Morgan fingerprint density at radius 2 is 1.93 bits per heavy atom. The zero-order valence-corrected chi connectivity index (χ0v) is 18.2. The third kappa shape index (κ3) is 6.69. The molecule has 0 unspecified atom stereocenters. The summed E-state index contributed by atoms with van der Waals surface area (Å²) < 4.78 is 36.3. The van der Waals surface area contributed by atoms with E-state index in [0.29, 0.717) is 24.1 Å². The maximum atomic E-state index is 13.3. The van der Waals surface area contributed by atoms with E-state index in [9.17, 15) is 12.8 Å². The van der Waals surface area contributed by atoms with E-state index in [2.05, 4.69) is 15.6 Å². The quantitative estimate of drug-likeness (QED) is 0.455. The Kier molecular flexibility index (Phi) is 7.62. The van der Waals surface area contributed by atoms with Gasteiger partial charge in [-0.1, -0.05) is 43.6 Å². The molecule has 6 nitrogen and oxygen atoms in total. The molecule has 158 valence electrons. The molecule has 0 bridgehead atoms. The smallest absolute Gasteiger partial charge is 0.238 e. The van der Waals surface area contributed by atoms with Crippen LogP contribution in [0.25, 0.3) is 0 Å². The zero-order chi connectivity index (χ0) is 21.7. The van der Waals surface area contributed by atoms with Crippen LogP contribution >= 0.6 is 11.6 Å². The Morgan fingerprint density at radius 1 is 1.21 bits per heavy atom. The number of benzene rings is 2. The van der Waals surface area contributed by atoms with E-state index in [-0.39, 0.29) is 22.7 Å². The lowest BCUT2D eigenvalue weighted by Crippen LogP contribution is -2.43. The summed E-state index contributed by atoms with van der Waals surface area (Å²) in [5.74, 6) is 0.193. The highest BCUT2D eigenvalue weighted by molar-refractivity contribution is 7.89. The molecule has 0 heterocycles. The van der Waals surface area contributed by atoms with Gasteiger partial charge in [-0.25, -0.2) is 22.9 Å². The highest BCUT2D eigenvalue weighted by Gasteiger charge is 2.24. The van der Waals surface area contributed by atoms with E-state index in [1.165, 1.54) is 24.3 Å². The van der Waals surface area contributed by atoms with Gasteiger partial charge in [0.25, 0.3) is 0 Å². The van der Waals surface area contributed by atoms with Crippen LogP contribution in [0.15, 0.2) is 52.4 Å². The van der Waals surface area contributed by atoms with Crippen molar-refractivity contribution in [1.29, 1.82) is 0 Å². The van der Waals surface area contributed by atoms with Gasteiger partial charge in [0, 0.05) is 23.5 Å². The molecule has 2 aromatic carbocycles. The van der Waals surface area contributed by atoms with Crippen LogP contribution in [0, 0.1) is 5.82 Å². The van der Waals surface area contributed by atoms with Crippen molar-refractivity contribution >= 4 is 27.6 Å². The molecule has 0 aromatic heterocycles. The highest BCUT2D eigenvalue weighted by Crippen LogP contribution is 2.29. The maximum absolute atomic E-state index is 13.3. The number of guanidine groups is 1. The fourth-order valence-electron chi connectivity index (χ4n) is 2.77. The van der Waals surface area contributed by atoms with Gasteiger partial charge in [-0.05, 0) is 42.3 Å². The molecule has 0 atom stereocenters. The van der Waals surface area contributed by atoms with Gasteiger partial charge >= 0.3 is 0 Å². The number of primary sulfonamides is 1. The third-order valence-electron chi connectivity index (χ3n) is 4.35. The number of rotatable bonds is 7. The summed E-state index contributed by atoms with van der Waals surface area (Å²) in [4.78, 5) is 4.56. The van der Waals surface area contributed by atoms with Crippen LogP contribution in [0.1, 0.15) is 31.9 Å². The zero-order valence-electron chi connectivity index (χ0n) is 16.7. The predicted molar refractivity (Wildman–Crippen MR) is 115 cm³/mol. The molecule has 4 N–H and O–H groups in total. The first-order valence-electron chi connectivity index (χ1n) is 9.12. The van der Waals surface area contributed by atoms with Crippen molar-refractivity contribution in [3.05, 3.63) is 64.4 Å². The summed E-state index contributed by atoms with van der Waals surface area (Å²) in [7, 11) is -3.76. The first-order valence-corrected chi connectivity index (χ1v) is 11.0. The molecule has 0 aliphatic carbocycles. The minimum atomic E-state index is -3.76. The molecule has 29 heavy (non-hydrogen) atoms. The SMILES string of the molecule is CCNC(=NCc1cccc(S(N)(=O)=O)c1)NCC(C)(C)c1ccc(F)cc1Cl. The van der Waals surface area contributed by atoms with Crippen LogP contribution in [0.5, 0.6) is 0 Å². The van der Waals surface area contributed by atoms with E-state index >= 15 is 0 Å². The Labute approximate surface area is 176 Å². The second-order valence-corrected chi connectivity index (χ2v) is 9.22. The topological polar surface area (TPSA) is 96.6 Å². The normalized spacial score (nSPS) is 12.7. The minimum absolute atomic E-state index is 0.0512. The second kappa shape index (κ2) is 9.56. The van der Waals surface area contributed by atoms with E-state index in [4.69, 9.17) is 16.7 Å². The standard InChI is InChI=1S/C20H26ClFN4O2S/c1-4-24-19(25-12-14-6-5-7-16(10-14)29(23,27)28)26-13-20(2,3)17-9-8-15(22)11-18(17)21/h5-11H,4,12-13H2,1-3H3,(H2,23,27,28)(H2,24,25,26). The molecule has 0 aliphatic heterocycles. The first-order chi connectivity index (χ1) is 13.5. The summed E-state index contributed by atoms with van der Waals surface area (Å²) in [6.45, 7) is 7.37. The van der Waals surface area contributed by atoms with Gasteiger partial charge < -0.3 is 10.6 Å². The Balaban J connectivity index is 2.13. The van der Waals surface area contributed by atoms with Gasteiger partial charge in [0.05, 0.1) is 11.4 Å². The Bertz CT molecular complexity index is 994. The van der Waals surface area contributed by atoms with Crippen molar-refractivity contribution in [3.63, 3.8) is 0 Å². The third-order valence-corrected chi connectivity index (χ3v) is 5.57. The molecule has 0 saturated heterocycles. The molecule has 0 spiro atoms. The Morgan fingerprint density at radius 3 is 2.55 bits per heavy atom. The van der Waals surface area contributed by atoms with Crippen LogP contribution in [0.4, 0.5) is 4.39 Å². The number of nitrogens with two attached hydrogens (primary N) is 1. The van der Waals surface area contributed by atoms with Crippen molar-refractivity contribution in [3.8, 4) is 0 Å². The van der Waals surface area contributed by atoms with Crippen LogP contribution in [-0.2, 0) is 22.0 Å².